The molecule has 2 heterocycles. The van der Waals surface area contributed by atoms with Crippen molar-refractivity contribution >= 4 is 23.4 Å². The molecular formula is C25H23FN6O2. The van der Waals surface area contributed by atoms with E-state index < -0.39 is 0 Å². The SMILES string of the molecule is Cc1ccnc(Nc2cc(NCCNC(=O)c3cccc(Oc4ccc(F)cc4)c3)ncn2)c1. The molecule has 0 aliphatic heterocycles. The maximum absolute atomic E-state index is 13.0. The highest BCUT2D eigenvalue weighted by Gasteiger charge is 2.07. The molecule has 9 heteroatoms. The second-order valence-corrected chi connectivity index (χ2v) is 7.40. The lowest BCUT2D eigenvalue weighted by atomic mass is 10.2. The van der Waals surface area contributed by atoms with Crippen LogP contribution in [-0.2, 0) is 0 Å². The van der Waals surface area contributed by atoms with Gasteiger partial charge in [0.1, 0.15) is 41.1 Å². The summed E-state index contributed by atoms with van der Waals surface area (Å²) in [6.07, 6.45) is 3.18. The molecule has 0 atom stereocenters. The Morgan fingerprint density at radius 2 is 1.68 bits per heavy atom. The van der Waals surface area contributed by atoms with Crippen LogP contribution in [0.15, 0.2) is 79.3 Å². The minimum Gasteiger partial charge on any atom is -0.457 e. The number of hydrogen-bond donors (Lipinski definition) is 3. The lowest BCUT2D eigenvalue weighted by molar-refractivity contribution is 0.0955. The van der Waals surface area contributed by atoms with Gasteiger partial charge in [-0.15, -0.1) is 0 Å². The second-order valence-electron chi connectivity index (χ2n) is 7.40. The van der Waals surface area contributed by atoms with Crippen molar-refractivity contribution in [2.75, 3.05) is 23.7 Å². The number of nitrogens with zero attached hydrogens (tertiary/aromatic N) is 3. The largest absolute Gasteiger partial charge is 0.457 e. The summed E-state index contributed by atoms with van der Waals surface area (Å²) in [6.45, 7) is 2.84. The number of amides is 1. The zero-order valence-corrected chi connectivity index (χ0v) is 18.5. The fraction of sp³-hybridized carbons (Fsp3) is 0.120. The third kappa shape index (κ3) is 6.49. The van der Waals surface area contributed by atoms with Crippen LogP contribution in [0.4, 0.5) is 21.8 Å². The number of rotatable bonds is 9. The Hall–Kier alpha value is -4.53. The summed E-state index contributed by atoms with van der Waals surface area (Å²) in [7, 11) is 0. The van der Waals surface area contributed by atoms with Gasteiger partial charge in [-0.2, -0.15) is 0 Å². The van der Waals surface area contributed by atoms with Crippen LogP contribution in [0.3, 0.4) is 0 Å². The molecule has 0 aliphatic rings. The normalized spacial score (nSPS) is 10.4. The van der Waals surface area contributed by atoms with Gasteiger partial charge in [0.15, 0.2) is 0 Å². The molecule has 0 fully saturated rings. The third-order valence-electron chi connectivity index (χ3n) is 4.70. The first kappa shape index (κ1) is 22.7. The van der Waals surface area contributed by atoms with E-state index in [4.69, 9.17) is 4.74 Å². The summed E-state index contributed by atoms with van der Waals surface area (Å²) in [4.78, 5) is 25.2. The van der Waals surface area contributed by atoms with Crippen molar-refractivity contribution in [1.29, 1.82) is 0 Å². The van der Waals surface area contributed by atoms with E-state index in [1.54, 1.807) is 36.5 Å². The van der Waals surface area contributed by atoms with Gasteiger partial charge < -0.3 is 20.7 Å². The fourth-order valence-corrected chi connectivity index (χ4v) is 3.07. The van der Waals surface area contributed by atoms with Crippen LogP contribution in [0.1, 0.15) is 15.9 Å². The van der Waals surface area contributed by atoms with Crippen molar-refractivity contribution in [1.82, 2.24) is 20.3 Å². The molecule has 8 nitrogen and oxygen atoms in total. The van der Waals surface area contributed by atoms with E-state index in [2.05, 4.69) is 30.9 Å². The van der Waals surface area contributed by atoms with Crippen LogP contribution in [0.2, 0.25) is 0 Å². The van der Waals surface area contributed by atoms with Gasteiger partial charge >= 0.3 is 0 Å². The Morgan fingerprint density at radius 3 is 2.50 bits per heavy atom. The molecule has 0 saturated carbocycles. The number of pyridine rings is 1. The molecule has 0 saturated heterocycles. The topological polar surface area (TPSA) is 101 Å². The van der Waals surface area contributed by atoms with E-state index in [0.717, 1.165) is 5.56 Å². The van der Waals surface area contributed by atoms with Crippen molar-refractivity contribution in [2.24, 2.45) is 0 Å². The summed E-state index contributed by atoms with van der Waals surface area (Å²) in [5.74, 6) is 2.32. The molecule has 4 aromatic rings. The highest BCUT2D eigenvalue weighted by atomic mass is 19.1. The van der Waals surface area contributed by atoms with Crippen LogP contribution < -0.4 is 20.7 Å². The van der Waals surface area contributed by atoms with E-state index in [1.165, 1.54) is 30.6 Å². The number of ether oxygens (including phenoxy) is 1. The average molecular weight is 458 g/mol. The monoisotopic (exact) mass is 458 g/mol. The Morgan fingerprint density at radius 1 is 0.882 bits per heavy atom. The van der Waals surface area contributed by atoms with Gasteiger partial charge in [-0.25, -0.2) is 19.3 Å². The van der Waals surface area contributed by atoms with Crippen LogP contribution >= 0.6 is 0 Å². The molecule has 0 aliphatic carbocycles. The zero-order valence-electron chi connectivity index (χ0n) is 18.5. The first-order valence-electron chi connectivity index (χ1n) is 10.6. The molecule has 2 aromatic heterocycles. The van der Waals surface area contributed by atoms with Crippen molar-refractivity contribution in [3.8, 4) is 11.5 Å². The Kier molecular flexibility index (Phi) is 7.24. The Bertz CT molecular complexity index is 1270. The first-order valence-corrected chi connectivity index (χ1v) is 10.6. The molecule has 3 N–H and O–H groups in total. The first-order chi connectivity index (χ1) is 16.5. The summed E-state index contributed by atoms with van der Waals surface area (Å²) >= 11 is 0. The third-order valence-corrected chi connectivity index (χ3v) is 4.70. The minimum absolute atomic E-state index is 0.234. The number of aryl methyl sites for hydroxylation is 1. The number of halogens is 1. The number of carbonyl (C=O) groups excluding carboxylic acids is 1. The predicted octanol–water partition coefficient (Wildman–Crippen LogP) is 4.70. The average Bonchev–Trinajstić information content (AvgIpc) is 2.84. The summed E-state index contributed by atoms with van der Waals surface area (Å²) in [5.41, 5.74) is 1.55. The molecule has 1 amide bonds. The molecule has 0 bridgehead atoms. The number of hydrogen-bond acceptors (Lipinski definition) is 7. The van der Waals surface area contributed by atoms with E-state index in [-0.39, 0.29) is 11.7 Å². The Labute approximate surface area is 196 Å². The van der Waals surface area contributed by atoms with Gasteiger partial charge in [-0.05, 0) is 67.1 Å². The standard InChI is InChI=1S/C25H23FN6O2/c1-17-9-10-27-23(13-17)32-24-15-22(30-16-31-24)28-11-12-29-25(33)18-3-2-4-21(14-18)34-20-7-5-19(26)6-8-20/h2-10,13-16H,11-12H2,1H3,(H,29,33)(H2,27,28,30,31,32). The van der Waals surface area contributed by atoms with E-state index >= 15 is 0 Å². The van der Waals surface area contributed by atoms with Gasteiger partial charge in [0, 0.05) is 30.9 Å². The minimum atomic E-state index is -0.341. The van der Waals surface area contributed by atoms with E-state index in [0.29, 0.717) is 47.6 Å². The number of aromatic nitrogens is 3. The molecule has 34 heavy (non-hydrogen) atoms. The summed E-state index contributed by atoms with van der Waals surface area (Å²) in [5, 5.41) is 9.15. The molecule has 2 aromatic carbocycles. The summed E-state index contributed by atoms with van der Waals surface area (Å²) in [6, 6.07) is 18.1. The highest BCUT2D eigenvalue weighted by Crippen LogP contribution is 2.22. The molecule has 172 valence electrons. The molecular weight excluding hydrogens is 435 g/mol. The van der Waals surface area contributed by atoms with Gasteiger partial charge in [0.05, 0.1) is 0 Å². The van der Waals surface area contributed by atoms with E-state index in [1.807, 2.05) is 19.1 Å². The molecule has 0 unspecified atom stereocenters. The maximum atomic E-state index is 13.0. The maximum Gasteiger partial charge on any atom is 0.251 e. The summed E-state index contributed by atoms with van der Waals surface area (Å²) < 4.78 is 18.7. The van der Waals surface area contributed by atoms with Gasteiger partial charge in [0.2, 0.25) is 0 Å². The van der Waals surface area contributed by atoms with E-state index in [9.17, 15) is 9.18 Å². The van der Waals surface area contributed by atoms with Gasteiger partial charge in [-0.1, -0.05) is 6.07 Å². The number of anilines is 3. The highest BCUT2D eigenvalue weighted by molar-refractivity contribution is 5.94. The molecule has 0 spiro atoms. The van der Waals surface area contributed by atoms with Crippen molar-refractivity contribution in [3.63, 3.8) is 0 Å². The predicted molar refractivity (Wildman–Crippen MR) is 128 cm³/mol. The van der Waals surface area contributed by atoms with Crippen LogP contribution in [-0.4, -0.2) is 33.9 Å². The van der Waals surface area contributed by atoms with Crippen molar-refractivity contribution in [3.05, 3.63) is 96.2 Å². The van der Waals surface area contributed by atoms with Crippen LogP contribution in [0, 0.1) is 12.7 Å². The fourth-order valence-electron chi connectivity index (χ4n) is 3.07. The number of benzene rings is 2. The number of nitrogens with one attached hydrogen (secondary N) is 3. The van der Waals surface area contributed by atoms with Crippen LogP contribution in [0.25, 0.3) is 0 Å². The zero-order chi connectivity index (χ0) is 23.8. The van der Waals surface area contributed by atoms with Gasteiger partial charge in [-0.3, -0.25) is 4.79 Å². The quantitative estimate of drug-likeness (QED) is 0.313. The number of carbonyl (C=O) groups is 1. The van der Waals surface area contributed by atoms with Crippen LogP contribution in [0.5, 0.6) is 11.5 Å². The van der Waals surface area contributed by atoms with Gasteiger partial charge in [0.25, 0.3) is 5.91 Å². The lowest BCUT2D eigenvalue weighted by Crippen LogP contribution is -2.28. The van der Waals surface area contributed by atoms with Crippen molar-refractivity contribution < 1.29 is 13.9 Å². The smallest absolute Gasteiger partial charge is 0.251 e. The lowest BCUT2D eigenvalue weighted by Gasteiger charge is -2.10. The second kappa shape index (κ2) is 10.9. The van der Waals surface area contributed by atoms with Crippen molar-refractivity contribution in [2.45, 2.75) is 6.92 Å². The molecule has 4 rings (SSSR count). The Balaban J connectivity index is 1.26. The molecule has 0 radical (unpaired) electrons.